The van der Waals surface area contributed by atoms with Crippen molar-refractivity contribution in [1.29, 1.82) is 0 Å². The molecule has 0 aromatic carbocycles. The van der Waals surface area contributed by atoms with Crippen molar-refractivity contribution in [3.05, 3.63) is 46.8 Å². The lowest BCUT2D eigenvalue weighted by atomic mass is 9.87. The highest BCUT2D eigenvalue weighted by molar-refractivity contribution is 7.09. The molecule has 0 amide bonds. The molecule has 2 aromatic heterocycles. The predicted octanol–water partition coefficient (Wildman–Crippen LogP) is 4.14. The minimum absolute atomic E-state index is 0.241. The van der Waals surface area contributed by atoms with Crippen LogP contribution in [0.1, 0.15) is 11.3 Å². The van der Waals surface area contributed by atoms with E-state index in [9.17, 15) is 26.3 Å². The van der Waals surface area contributed by atoms with Gasteiger partial charge in [-0.15, -0.1) is 11.3 Å². The third kappa shape index (κ3) is 10.2. The van der Waals surface area contributed by atoms with E-state index in [1.807, 2.05) is 23.6 Å². The average molecular weight is 558 g/mol. The second kappa shape index (κ2) is 13.1. The van der Waals surface area contributed by atoms with E-state index in [1.165, 1.54) is 11.3 Å². The molecule has 206 valence electrons. The van der Waals surface area contributed by atoms with E-state index in [0.717, 1.165) is 51.8 Å². The molecule has 2 aliphatic rings. The maximum Gasteiger partial charge on any atom is 0.490 e. The fourth-order valence-corrected chi connectivity index (χ4v) is 4.50. The number of carbonyl (C=O) groups is 2. The molecule has 4 heterocycles. The summed E-state index contributed by atoms with van der Waals surface area (Å²) < 4.78 is 69.5. The summed E-state index contributed by atoms with van der Waals surface area (Å²) in [5.41, 5.74) is 0.241. The first-order chi connectivity index (χ1) is 17.2. The largest absolute Gasteiger partial charge is 0.490 e. The lowest BCUT2D eigenvalue weighted by Gasteiger charge is -2.31. The van der Waals surface area contributed by atoms with Gasteiger partial charge in [0.05, 0.1) is 13.2 Å². The highest BCUT2D eigenvalue weighted by Gasteiger charge is 2.42. The number of carboxylic acids is 2. The molecule has 2 fully saturated rings. The van der Waals surface area contributed by atoms with Gasteiger partial charge in [-0.1, -0.05) is 12.1 Å². The Morgan fingerprint density at radius 2 is 1.65 bits per heavy atom. The molecule has 0 saturated carbocycles. The summed E-state index contributed by atoms with van der Waals surface area (Å²) in [6, 6.07) is 10.5. The monoisotopic (exact) mass is 557 g/mol. The number of aromatic nitrogens is 1. The Morgan fingerprint density at radius 3 is 2.16 bits per heavy atom. The normalized spacial score (nSPS) is 20.3. The maximum absolute atomic E-state index is 10.6. The molecule has 2 aromatic rings. The van der Waals surface area contributed by atoms with Crippen molar-refractivity contribution < 1.29 is 50.9 Å². The minimum atomic E-state index is -5.08. The third-order valence-electron chi connectivity index (χ3n) is 5.38. The molecule has 15 heteroatoms. The molecule has 4 rings (SSSR count). The van der Waals surface area contributed by atoms with Crippen LogP contribution in [0.25, 0.3) is 0 Å². The molecule has 0 aliphatic carbocycles. The van der Waals surface area contributed by atoms with Crippen LogP contribution in [0.3, 0.4) is 0 Å². The Balaban J connectivity index is 0.000000286. The van der Waals surface area contributed by atoms with Gasteiger partial charge in [0.1, 0.15) is 5.82 Å². The molecule has 8 nitrogen and oxygen atoms in total. The lowest BCUT2D eigenvalue weighted by molar-refractivity contribution is -0.193. The fourth-order valence-electron chi connectivity index (χ4n) is 3.76. The summed E-state index contributed by atoms with van der Waals surface area (Å²) >= 11 is 1.85. The van der Waals surface area contributed by atoms with Crippen molar-refractivity contribution in [2.45, 2.75) is 25.3 Å². The SMILES string of the molecule is O=C(O)C(F)(F)F.O=C(O)C(F)(F)F.c1ccc(N2CCC3(COCCN(Cc4cccs4)C3)C2)nc1. The summed E-state index contributed by atoms with van der Waals surface area (Å²) in [7, 11) is 0. The number of carboxylic acid groups (broad SMARTS) is 2. The maximum atomic E-state index is 10.6. The van der Waals surface area contributed by atoms with Gasteiger partial charge < -0.3 is 19.8 Å². The minimum Gasteiger partial charge on any atom is -0.475 e. The Bertz CT molecular complexity index is 967. The smallest absolute Gasteiger partial charge is 0.475 e. The molecular weight excluding hydrogens is 532 g/mol. The van der Waals surface area contributed by atoms with Gasteiger partial charge in [0.2, 0.25) is 0 Å². The molecule has 2 saturated heterocycles. The van der Waals surface area contributed by atoms with Crippen molar-refractivity contribution in [3.63, 3.8) is 0 Å². The summed E-state index contributed by atoms with van der Waals surface area (Å²) in [6.45, 7) is 7.04. The number of thiophene rings is 1. The van der Waals surface area contributed by atoms with Crippen molar-refractivity contribution >= 4 is 29.1 Å². The highest BCUT2D eigenvalue weighted by Crippen LogP contribution is 2.35. The number of hydrogen-bond acceptors (Lipinski definition) is 7. The fraction of sp³-hybridized carbons (Fsp3) is 0.500. The molecule has 1 spiro atoms. The summed E-state index contributed by atoms with van der Waals surface area (Å²) in [5, 5.41) is 16.4. The number of halogens is 6. The van der Waals surface area contributed by atoms with E-state index in [4.69, 9.17) is 24.5 Å². The van der Waals surface area contributed by atoms with E-state index < -0.39 is 24.3 Å². The van der Waals surface area contributed by atoms with E-state index >= 15 is 0 Å². The van der Waals surface area contributed by atoms with Crippen LogP contribution in [-0.2, 0) is 20.9 Å². The Kier molecular flexibility index (Phi) is 10.7. The van der Waals surface area contributed by atoms with Crippen LogP contribution in [0.4, 0.5) is 32.2 Å². The lowest BCUT2D eigenvalue weighted by Crippen LogP contribution is -2.40. The number of alkyl halides is 6. The predicted molar refractivity (Wildman–Crippen MR) is 121 cm³/mol. The number of hydrogen-bond donors (Lipinski definition) is 2. The van der Waals surface area contributed by atoms with Crippen molar-refractivity contribution in [3.8, 4) is 0 Å². The van der Waals surface area contributed by atoms with Crippen molar-refractivity contribution in [2.75, 3.05) is 44.3 Å². The first kappa shape index (κ1) is 30.3. The van der Waals surface area contributed by atoms with E-state index in [1.54, 1.807) is 0 Å². The van der Waals surface area contributed by atoms with Crippen LogP contribution in [0.15, 0.2) is 41.9 Å². The second-order valence-corrected chi connectivity index (χ2v) is 9.34. The van der Waals surface area contributed by atoms with Gasteiger partial charge >= 0.3 is 24.3 Å². The molecule has 2 aliphatic heterocycles. The second-order valence-electron chi connectivity index (χ2n) is 8.31. The zero-order chi connectivity index (χ0) is 27.7. The van der Waals surface area contributed by atoms with Crippen LogP contribution in [0.5, 0.6) is 0 Å². The summed E-state index contributed by atoms with van der Waals surface area (Å²) in [6.07, 6.45) is -7.10. The molecule has 1 unspecified atom stereocenters. The van der Waals surface area contributed by atoms with Crippen molar-refractivity contribution in [2.24, 2.45) is 5.41 Å². The number of aliphatic carboxylic acids is 2. The molecule has 0 bridgehead atoms. The summed E-state index contributed by atoms with van der Waals surface area (Å²) in [4.78, 5) is 28.7. The first-order valence-electron chi connectivity index (χ1n) is 10.8. The molecule has 37 heavy (non-hydrogen) atoms. The Labute approximate surface area is 212 Å². The number of nitrogens with zero attached hydrogens (tertiary/aromatic N) is 3. The average Bonchev–Trinajstić information content (AvgIpc) is 3.42. The highest BCUT2D eigenvalue weighted by atomic mass is 32.1. The number of rotatable bonds is 3. The Hall–Kier alpha value is -2.91. The van der Waals surface area contributed by atoms with Gasteiger partial charge in [0, 0.05) is 49.2 Å². The molecule has 0 radical (unpaired) electrons. The van der Waals surface area contributed by atoms with Crippen LogP contribution >= 0.6 is 11.3 Å². The molecular formula is C22H25F6N3O5S. The van der Waals surface area contributed by atoms with Crippen molar-refractivity contribution in [1.82, 2.24) is 9.88 Å². The number of pyridine rings is 1. The third-order valence-corrected chi connectivity index (χ3v) is 6.24. The van der Waals surface area contributed by atoms with E-state index in [-0.39, 0.29) is 5.41 Å². The van der Waals surface area contributed by atoms with Crippen LogP contribution in [-0.4, -0.2) is 83.8 Å². The Morgan fingerprint density at radius 1 is 1.00 bits per heavy atom. The van der Waals surface area contributed by atoms with Gasteiger partial charge in [0.25, 0.3) is 0 Å². The molecule has 2 N–H and O–H groups in total. The van der Waals surface area contributed by atoms with Gasteiger partial charge in [-0.2, -0.15) is 26.3 Å². The van der Waals surface area contributed by atoms with E-state index in [2.05, 4.69) is 44.4 Å². The van der Waals surface area contributed by atoms with Crippen LogP contribution in [0.2, 0.25) is 0 Å². The van der Waals surface area contributed by atoms with Crippen LogP contribution in [0, 0.1) is 5.41 Å². The van der Waals surface area contributed by atoms with Gasteiger partial charge in [-0.05, 0) is 30.0 Å². The number of ether oxygens (including phenoxy) is 1. The zero-order valence-corrected chi connectivity index (χ0v) is 20.2. The topological polar surface area (TPSA) is 103 Å². The standard InChI is InChI=1S/C18H23N3OS.2C2HF3O2/c1-2-7-19-17(5-1)21-8-6-18(14-21)13-20(9-10-22-15-18)12-16-4-3-11-23-16;2*3-2(4,5)1(6)7/h1-5,7,11H,6,8-10,12-15H2;2*(H,6,7). The zero-order valence-electron chi connectivity index (χ0n) is 19.3. The quantitative estimate of drug-likeness (QED) is 0.543. The first-order valence-corrected chi connectivity index (χ1v) is 11.7. The van der Waals surface area contributed by atoms with E-state index in [0.29, 0.717) is 0 Å². The summed E-state index contributed by atoms with van der Waals surface area (Å²) in [5.74, 6) is -4.42. The van der Waals surface area contributed by atoms with Gasteiger partial charge in [-0.3, -0.25) is 4.90 Å². The van der Waals surface area contributed by atoms with Gasteiger partial charge in [0.15, 0.2) is 0 Å². The molecule has 1 atom stereocenters. The van der Waals surface area contributed by atoms with Gasteiger partial charge in [-0.25, -0.2) is 14.6 Å². The van der Waals surface area contributed by atoms with Crippen LogP contribution < -0.4 is 4.90 Å². The number of anilines is 1.